The molecule has 0 saturated carbocycles. The number of carbonyl (C=O) groups excluding carboxylic acids is 3. The zero-order valence-electron chi connectivity index (χ0n) is 22.9. The lowest BCUT2D eigenvalue weighted by Gasteiger charge is -2.11. The van der Waals surface area contributed by atoms with Crippen LogP contribution >= 0.6 is 0 Å². The summed E-state index contributed by atoms with van der Waals surface area (Å²) in [5.74, 6) is -1.46. The molecule has 4 rings (SSSR count). The predicted molar refractivity (Wildman–Crippen MR) is 155 cm³/mol. The van der Waals surface area contributed by atoms with E-state index in [1.54, 1.807) is 67.6 Å². The maximum atomic E-state index is 12.3. The summed E-state index contributed by atoms with van der Waals surface area (Å²) in [6, 6.07) is 17.4. The number of carbonyl (C=O) groups is 3. The molecule has 2 aromatic heterocycles. The molecule has 6 N–H and O–H groups in total. The summed E-state index contributed by atoms with van der Waals surface area (Å²) >= 11 is 0. The number of urea groups is 1. The van der Waals surface area contributed by atoms with Gasteiger partial charge in [0.2, 0.25) is 11.9 Å². The first-order valence-electron chi connectivity index (χ1n) is 13.0. The monoisotopic (exact) mass is 588 g/mol. The summed E-state index contributed by atoms with van der Waals surface area (Å²) in [7, 11) is 0. The Kier molecular flexibility index (Phi) is 10.5. The average molecular weight is 589 g/mol. The van der Waals surface area contributed by atoms with E-state index in [1.807, 2.05) is 0 Å². The second-order valence-electron chi connectivity index (χ2n) is 8.77. The standard InChI is InChI=1S/C27H28N10O6/c1-17-16-20(38)31-24(30-17)35-27(41)29-15-9-8-14-28-23-32-25(36-42-21(39)18-10-4-2-5-11-18)34-26(33-23)37-43-22(40)19-12-6-3-7-13-19/h2-7,10-13,16H,8-9,14-15H2,1H3,(H3,28,32,33,34,36,37)(H3,29,30,31,35,38,41). The molecule has 0 saturated heterocycles. The zero-order valence-corrected chi connectivity index (χ0v) is 22.9. The van der Waals surface area contributed by atoms with Gasteiger partial charge in [-0.3, -0.25) is 15.1 Å². The third kappa shape index (κ3) is 9.82. The van der Waals surface area contributed by atoms with Gasteiger partial charge in [0.15, 0.2) is 0 Å². The van der Waals surface area contributed by atoms with Crippen molar-refractivity contribution in [3.05, 3.63) is 93.9 Å². The fourth-order valence-corrected chi connectivity index (χ4v) is 3.44. The van der Waals surface area contributed by atoms with Crippen LogP contribution in [0.2, 0.25) is 0 Å². The van der Waals surface area contributed by atoms with Gasteiger partial charge >= 0.3 is 18.0 Å². The molecular formula is C27H28N10O6. The van der Waals surface area contributed by atoms with Crippen molar-refractivity contribution in [3.63, 3.8) is 0 Å². The van der Waals surface area contributed by atoms with Gasteiger partial charge in [0.1, 0.15) is 0 Å². The van der Waals surface area contributed by atoms with Crippen LogP contribution in [0.1, 0.15) is 39.3 Å². The van der Waals surface area contributed by atoms with Crippen molar-refractivity contribution < 1.29 is 24.1 Å². The average Bonchev–Trinajstić information content (AvgIpc) is 3.00. The van der Waals surface area contributed by atoms with Crippen LogP contribution in [0.25, 0.3) is 0 Å². The molecule has 2 heterocycles. The smallest absolute Gasteiger partial charge is 0.354 e. The fraction of sp³-hybridized carbons (Fsp3) is 0.185. The Morgan fingerprint density at radius 1 is 0.744 bits per heavy atom. The number of hydrogen-bond donors (Lipinski definition) is 6. The highest BCUT2D eigenvalue weighted by Crippen LogP contribution is 2.12. The first-order valence-corrected chi connectivity index (χ1v) is 13.0. The Labute approximate surface area is 244 Å². The van der Waals surface area contributed by atoms with Crippen molar-refractivity contribution in [2.24, 2.45) is 0 Å². The van der Waals surface area contributed by atoms with Crippen molar-refractivity contribution in [3.8, 4) is 0 Å². The van der Waals surface area contributed by atoms with E-state index in [1.165, 1.54) is 6.07 Å². The quantitative estimate of drug-likeness (QED) is 0.0980. The van der Waals surface area contributed by atoms with Gasteiger partial charge in [-0.2, -0.15) is 25.9 Å². The van der Waals surface area contributed by atoms with Crippen LogP contribution < -0.4 is 32.5 Å². The molecule has 0 spiro atoms. The first-order chi connectivity index (χ1) is 20.9. The van der Waals surface area contributed by atoms with E-state index in [2.05, 4.69) is 51.8 Å². The van der Waals surface area contributed by atoms with Crippen molar-refractivity contribution in [2.45, 2.75) is 19.8 Å². The van der Waals surface area contributed by atoms with Crippen LogP contribution in [-0.4, -0.2) is 56.0 Å². The highest BCUT2D eigenvalue weighted by Gasteiger charge is 2.13. The number of anilines is 4. The van der Waals surface area contributed by atoms with E-state index < -0.39 is 18.0 Å². The number of nitrogens with one attached hydrogen (secondary N) is 6. The predicted octanol–water partition coefficient (Wildman–Crippen LogP) is 2.64. The van der Waals surface area contributed by atoms with Crippen LogP contribution in [0.15, 0.2) is 71.5 Å². The van der Waals surface area contributed by atoms with Gasteiger partial charge in [0.05, 0.1) is 11.1 Å². The van der Waals surface area contributed by atoms with E-state index >= 15 is 0 Å². The van der Waals surface area contributed by atoms with Gasteiger partial charge in [0.25, 0.3) is 17.5 Å². The Morgan fingerprint density at radius 2 is 1.28 bits per heavy atom. The van der Waals surface area contributed by atoms with Crippen molar-refractivity contribution in [1.82, 2.24) is 30.2 Å². The SMILES string of the molecule is Cc1cc(=O)[nH]c(NC(=O)NCCCCNc2nc(NOC(=O)c3ccccc3)nc(NOC(=O)c3ccccc3)n2)n1. The molecule has 0 aliphatic rings. The molecule has 2 aromatic carbocycles. The highest BCUT2D eigenvalue weighted by atomic mass is 16.7. The zero-order chi connectivity index (χ0) is 30.4. The van der Waals surface area contributed by atoms with E-state index in [0.717, 1.165) is 0 Å². The number of benzene rings is 2. The molecule has 0 unspecified atom stereocenters. The Hall–Kier alpha value is -6.06. The van der Waals surface area contributed by atoms with E-state index in [9.17, 15) is 19.2 Å². The second-order valence-corrected chi connectivity index (χ2v) is 8.77. The van der Waals surface area contributed by atoms with E-state index in [-0.39, 0.29) is 29.4 Å². The minimum atomic E-state index is -0.665. The lowest BCUT2D eigenvalue weighted by Crippen LogP contribution is -2.31. The summed E-state index contributed by atoms with van der Waals surface area (Å²) in [6.45, 7) is 2.38. The topological polar surface area (TPSA) is 214 Å². The van der Waals surface area contributed by atoms with Gasteiger partial charge in [-0.1, -0.05) is 36.4 Å². The largest absolute Gasteiger partial charge is 0.362 e. The van der Waals surface area contributed by atoms with E-state index in [0.29, 0.717) is 42.8 Å². The normalized spacial score (nSPS) is 10.3. The molecule has 222 valence electrons. The van der Waals surface area contributed by atoms with Crippen molar-refractivity contribution in [1.29, 1.82) is 0 Å². The first kappa shape index (κ1) is 29.9. The summed E-state index contributed by atoms with van der Waals surface area (Å²) < 4.78 is 0. The Bertz CT molecular complexity index is 1530. The number of H-pyrrole nitrogens is 1. The van der Waals surface area contributed by atoms with E-state index in [4.69, 9.17) is 9.68 Å². The second kappa shape index (κ2) is 15.1. The number of nitrogens with zero attached hydrogens (tertiary/aromatic N) is 4. The third-order valence-electron chi connectivity index (χ3n) is 5.40. The van der Waals surface area contributed by atoms with Gasteiger partial charge in [-0.05, 0) is 44.0 Å². The van der Waals surface area contributed by atoms with Crippen LogP contribution in [0, 0.1) is 6.92 Å². The molecule has 0 aliphatic heterocycles. The number of aryl methyl sites for hydroxylation is 1. The summed E-state index contributed by atoms with van der Waals surface area (Å²) in [6.07, 6.45) is 1.19. The Morgan fingerprint density at radius 3 is 1.84 bits per heavy atom. The van der Waals surface area contributed by atoms with Crippen LogP contribution in [0.3, 0.4) is 0 Å². The molecule has 0 aliphatic carbocycles. The molecule has 0 atom stereocenters. The molecule has 2 amide bonds. The Balaban J connectivity index is 1.29. The number of aromatic nitrogens is 5. The lowest BCUT2D eigenvalue weighted by molar-refractivity contribution is 0.0588. The molecular weight excluding hydrogens is 560 g/mol. The van der Waals surface area contributed by atoms with Gasteiger partial charge in [0, 0.05) is 24.8 Å². The molecule has 0 fully saturated rings. The number of rotatable bonds is 13. The molecule has 43 heavy (non-hydrogen) atoms. The maximum absolute atomic E-state index is 12.3. The fourth-order valence-electron chi connectivity index (χ4n) is 3.44. The van der Waals surface area contributed by atoms with Crippen LogP contribution in [0.4, 0.5) is 28.6 Å². The maximum Gasteiger partial charge on any atom is 0.362 e. The van der Waals surface area contributed by atoms with Crippen molar-refractivity contribution >= 4 is 41.8 Å². The van der Waals surface area contributed by atoms with Crippen molar-refractivity contribution in [2.75, 3.05) is 34.7 Å². The summed E-state index contributed by atoms with van der Waals surface area (Å²) in [5, 5.41) is 8.14. The van der Waals surface area contributed by atoms with Gasteiger partial charge in [-0.25, -0.2) is 19.4 Å². The molecule has 0 radical (unpaired) electrons. The van der Waals surface area contributed by atoms with Gasteiger partial charge in [-0.15, -0.1) is 0 Å². The third-order valence-corrected chi connectivity index (χ3v) is 5.40. The minimum Gasteiger partial charge on any atom is -0.354 e. The molecule has 4 aromatic rings. The van der Waals surface area contributed by atoms with Gasteiger partial charge < -0.3 is 20.3 Å². The lowest BCUT2D eigenvalue weighted by atomic mass is 10.2. The van der Waals surface area contributed by atoms with Crippen LogP contribution in [-0.2, 0) is 9.68 Å². The number of unbranched alkanes of at least 4 members (excludes halogenated alkanes) is 1. The molecule has 16 nitrogen and oxygen atoms in total. The number of aromatic amines is 1. The summed E-state index contributed by atoms with van der Waals surface area (Å²) in [5.41, 5.74) is 5.48. The minimum absolute atomic E-state index is 0.0525. The molecule has 16 heteroatoms. The molecule has 0 bridgehead atoms. The van der Waals surface area contributed by atoms with Crippen LogP contribution in [0.5, 0.6) is 0 Å². The number of amides is 2. The summed E-state index contributed by atoms with van der Waals surface area (Å²) in [4.78, 5) is 77.2. The number of hydrogen-bond acceptors (Lipinski definition) is 13. The highest BCUT2D eigenvalue weighted by molar-refractivity contribution is 5.90.